The molecule has 1 aliphatic rings. The third kappa shape index (κ3) is 3.41. The number of amides is 1. The molecule has 21 heavy (non-hydrogen) atoms. The highest BCUT2D eigenvalue weighted by atomic mass is 32.1. The van der Waals surface area contributed by atoms with Gasteiger partial charge in [0.15, 0.2) is 5.75 Å². The molecule has 2 heterocycles. The molecule has 1 aliphatic heterocycles. The van der Waals surface area contributed by atoms with Gasteiger partial charge in [-0.3, -0.25) is 4.79 Å². The summed E-state index contributed by atoms with van der Waals surface area (Å²) in [5, 5.41) is 10.2. The number of aliphatic hydroxyl groups excluding tert-OH is 1. The Labute approximate surface area is 128 Å². The molecule has 1 aromatic heterocycles. The second-order valence-electron chi connectivity index (χ2n) is 5.65. The average Bonchev–Trinajstić information content (AvgIpc) is 2.76. The van der Waals surface area contributed by atoms with Crippen LogP contribution in [0.15, 0.2) is 0 Å². The van der Waals surface area contributed by atoms with E-state index < -0.39 is 5.91 Å². The van der Waals surface area contributed by atoms with Gasteiger partial charge in [0.05, 0.1) is 6.10 Å². The van der Waals surface area contributed by atoms with Gasteiger partial charge >= 0.3 is 0 Å². The van der Waals surface area contributed by atoms with Gasteiger partial charge in [-0.15, -0.1) is 11.3 Å². The lowest BCUT2D eigenvalue weighted by molar-refractivity contribution is 0.100. The second kappa shape index (κ2) is 6.53. The number of nitrogen functional groups attached to an aromatic ring is 1. The Morgan fingerprint density at radius 2 is 2.29 bits per heavy atom. The van der Waals surface area contributed by atoms with Gasteiger partial charge in [0.25, 0.3) is 5.91 Å². The Hall–Kier alpha value is -1.47. The quantitative estimate of drug-likeness (QED) is 0.763. The molecular weight excluding hydrogens is 290 g/mol. The van der Waals surface area contributed by atoms with Crippen molar-refractivity contribution in [3.05, 3.63) is 4.88 Å². The number of ether oxygens (including phenoxy) is 1. The van der Waals surface area contributed by atoms with Gasteiger partial charge in [-0.1, -0.05) is 0 Å². The van der Waals surface area contributed by atoms with Crippen molar-refractivity contribution in [3.63, 3.8) is 0 Å². The van der Waals surface area contributed by atoms with Gasteiger partial charge in [0, 0.05) is 19.7 Å². The summed E-state index contributed by atoms with van der Waals surface area (Å²) in [6.45, 7) is 5.60. The number of nitrogens with zero attached hydrogens (tertiary/aromatic N) is 1. The SMILES string of the molecule is CC(C)Oc1c(N2CCCC(CO)C2)sc(C(N)=O)c1N. The molecule has 0 aliphatic carbocycles. The number of nitrogens with two attached hydrogens (primary N) is 2. The van der Waals surface area contributed by atoms with Crippen LogP contribution in [0.1, 0.15) is 36.4 Å². The van der Waals surface area contributed by atoms with E-state index >= 15 is 0 Å². The molecule has 1 unspecified atom stereocenters. The number of aliphatic hydroxyl groups is 1. The van der Waals surface area contributed by atoms with Crippen LogP contribution in [0, 0.1) is 5.92 Å². The van der Waals surface area contributed by atoms with Crippen LogP contribution in [-0.4, -0.2) is 36.8 Å². The summed E-state index contributed by atoms with van der Waals surface area (Å²) in [5.41, 5.74) is 11.7. The number of rotatable bonds is 5. The zero-order chi connectivity index (χ0) is 15.6. The van der Waals surface area contributed by atoms with Crippen LogP contribution >= 0.6 is 11.3 Å². The van der Waals surface area contributed by atoms with Crippen molar-refractivity contribution in [2.24, 2.45) is 11.7 Å². The molecule has 1 amide bonds. The summed E-state index contributed by atoms with van der Waals surface area (Å²) in [7, 11) is 0. The molecule has 2 rings (SSSR count). The van der Waals surface area contributed by atoms with E-state index in [1.54, 1.807) is 0 Å². The first-order valence-corrected chi connectivity index (χ1v) is 8.00. The minimum atomic E-state index is -0.534. The predicted molar refractivity (Wildman–Crippen MR) is 85.0 cm³/mol. The lowest BCUT2D eigenvalue weighted by Crippen LogP contribution is -2.36. The summed E-state index contributed by atoms with van der Waals surface area (Å²) in [6, 6.07) is 0. The van der Waals surface area contributed by atoms with Gasteiger partial charge in [0.1, 0.15) is 15.6 Å². The molecule has 1 atom stereocenters. The molecule has 7 heteroatoms. The van der Waals surface area contributed by atoms with E-state index in [1.165, 1.54) is 11.3 Å². The van der Waals surface area contributed by atoms with Crippen LogP contribution in [0.25, 0.3) is 0 Å². The highest BCUT2D eigenvalue weighted by Gasteiger charge is 2.28. The second-order valence-corrected chi connectivity index (χ2v) is 6.65. The summed E-state index contributed by atoms with van der Waals surface area (Å²) in [6.07, 6.45) is 1.97. The molecule has 1 saturated heterocycles. The molecule has 0 radical (unpaired) electrons. The number of hydrogen-bond acceptors (Lipinski definition) is 6. The minimum Gasteiger partial charge on any atom is -0.486 e. The molecule has 0 saturated carbocycles. The fourth-order valence-corrected chi connectivity index (χ4v) is 3.60. The zero-order valence-electron chi connectivity index (χ0n) is 12.5. The molecule has 0 aromatic carbocycles. The Morgan fingerprint density at radius 3 is 2.86 bits per heavy atom. The molecule has 118 valence electrons. The molecule has 1 fully saturated rings. The van der Waals surface area contributed by atoms with Crippen molar-refractivity contribution in [3.8, 4) is 5.75 Å². The maximum absolute atomic E-state index is 11.5. The highest BCUT2D eigenvalue weighted by Crippen LogP contribution is 2.46. The van der Waals surface area contributed by atoms with E-state index in [2.05, 4.69) is 4.90 Å². The van der Waals surface area contributed by atoms with E-state index in [1.807, 2.05) is 13.8 Å². The zero-order valence-corrected chi connectivity index (χ0v) is 13.3. The lowest BCUT2D eigenvalue weighted by atomic mass is 9.99. The Kier molecular flexibility index (Phi) is 4.95. The van der Waals surface area contributed by atoms with Gasteiger partial charge in [-0.2, -0.15) is 0 Å². The summed E-state index contributed by atoms with van der Waals surface area (Å²) in [5.74, 6) is 0.251. The number of piperidine rings is 1. The fraction of sp³-hybridized carbons (Fsp3) is 0.643. The largest absolute Gasteiger partial charge is 0.486 e. The van der Waals surface area contributed by atoms with Crippen LogP contribution in [-0.2, 0) is 0 Å². The highest BCUT2D eigenvalue weighted by molar-refractivity contribution is 7.19. The predicted octanol–water partition coefficient (Wildman–Crippen LogP) is 1.43. The van der Waals surface area contributed by atoms with E-state index in [0.717, 1.165) is 30.9 Å². The van der Waals surface area contributed by atoms with Crippen LogP contribution in [0.3, 0.4) is 0 Å². The minimum absolute atomic E-state index is 0.0418. The van der Waals surface area contributed by atoms with E-state index in [0.29, 0.717) is 16.3 Å². The lowest BCUT2D eigenvalue weighted by Gasteiger charge is -2.33. The smallest absolute Gasteiger partial charge is 0.261 e. The van der Waals surface area contributed by atoms with Crippen molar-refractivity contribution in [2.75, 3.05) is 30.3 Å². The molecule has 0 spiro atoms. The maximum Gasteiger partial charge on any atom is 0.261 e. The number of primary amides is 1. The Morgan fingerprint density at radius 1 is 1.57 bits per heavy atom. The molecule has 5 N–H and O–H groups in total. The van der Waals surface area contributed by atoms with Crippen LogP contribution in [0.2, 0.25) is 0 Å². The first-order valence-electron chi connectivity index (χ1n) is 7.18. The van der Waals surface area contributed by atoms with E-state index in [9.17, 15) is 9.90 Å². The summed E-state index contributed by atoms with van der Waals surface area (Å²) < 4.78 is 5.80. The summed E-state index contributed by atoms with van der Waals surface area (Å²) in [4.78, 5) is 14.0. The Balaban J connectivity index is 2.36. The first kappa shape index (κ1) is 15.9. The van der Waals surface area contributed by atoms with Crippen molar-refractivity contribution in [2.45, 2.75) is 32.8 Å². The van der Waals surface area contributed by atoms with Crippen molar-refractivity contribution < 1.29 is 14.6 Å². The first-order chi connectivity index (χ1) is 9.93. The van der Waals surface area contributed by atoms with Crippen LogP contribution in [0.5, 0.6) is 5.75 Å². The standard InChI is InChI=1S/C14H23N3O3S/c1-8(2)20-11-10(15)12(13(16)19)21-14(11)17-5-3-4-9(6-17)7-18/h8-9,18H,3-7,15H2,1-2H3,(H2,16,19). The number of anilines is 2. The van der Waals surface area contributed by atoms with E-state index in [4.69, 9.17) is 16.2 Å². The number of thiophene rings is 1. The molecule has 0 bridgehead atoms. The normalized spacial score (nSPS) is 19.0. The summed E-state index contributed by atoms with van der Waals surface area (Å²) >= 11 is 1.28. The van der Waals surface area contributed by atoms with Gasteiger partial charge < -0.3 is 26.2 Å². The number of carbonyl (C=O) groups is 1. The third-order valence-corrected chi connectivity index (χ3v) is 4.79. The van der Waals surface area contributed by atoms with Gasteiger partial charge in [0.2, 0.25) is 0 Å². The monoisotopic (exact) mass is 313 g/mol. The third-order valence-electron chi connectivity index (χ3n) is 3.52. The fourth-order valence-electron chi connectivity index (χ4n) is 2.56. The van der Waals surface area contributed by atoms with Crippen molar-refractivity contribution in [1.29, 1.82) is 0 Å². The van der Waals surface area contributed by atoms with Crippen LogP contribution < -0.4 is 21.1 Å². The topological polar surface area (TPSA) is 102 Å². The van der Waals surface area contributed by atoms with Crippen LogP contribution in [0.4, 0.5) is 10.7 Å². The maximum atomic E-state index is 11.5. The molecular formula is C14H23N3O3S. The Bertz CT molecular complexity index is 516. The number of carbonyl (C=O) groups excluding carboxylic acids is 1. The van der Waals surface area contributed by atoms with E-state index in [-0.39, 0.29) is 18.6 Å². The van der Waals surface area contributed by atoms with Crippen molar-refractivity contribution >= 4 is 27.9 Å². The number of hydrogen-bond donors (Lipinski definition) is 3. The van der Waals surface area contributed by atoms with Crippen molar-refractivity contribution in [1.82, 2.24) is 0 Å². The van der Waals surface area contributed by atoms with Gasteiger partial charge in [-0.05, 0) is 32.6 Å². The molecule has 6 nitrogen and oxygen atoms in total. The molecule has 1 aromatic rings. The average molecular weight is 313 g/mol. The van der Waals surface area contributed by atoms with Gasteiger partial charge in [-0.25, -0.2) is 0 Å².